The molecule has 5 heteroatoms. The number of halogens is 1. The van der Waals surface area contributed by atoms with Crippen molar-refractivity contribution in [3.63, 3.8) is 0 Å². The second-order valence-electron chi connectivity index (χ2n) is 4.07. The minimum absolute atomic E-state index is 0.142. The third-order valence-electron chi connectivity index (χ3n) is 2.64. The van der Waals surface area contributed by atoms with E-state index in [9.17, 15) is 0 Å². The Labute approximate surface area is 116 Å². The Balaban J connectivity index is 2.00. The van der Waals surface area contributed by atoms with E-state index in [-0.39, 0.29) is 13.2 Å². The van der Waals surface area contributed by atoms with E-state index in [0.29, 0.717) is 23.0 Å². The number of nitrogens with zero attached hydrogens (tertiary/aromatic N) is 1. The number of aliphatic hydroxyl groups excluding tert-OH is 1. The number of hydrogen-bond donors (Lipinski definition) is 2. The van der Waals surface area contributed by atoms with Gasteiger partial charge in [-0.25, -0.2) is 4.98 Å². The van der Waals surface area contributed by atoms with E-state index in [4.69, 9.17) is 27.2 Å². The highest BCUT2D eigenvalue weighted by atomic mass is 35.5. The molecule has 1 heterocycles. The van der Waals surface area contributed by atoms with Crippen LogP contribution in [0.1, 0.15) is 11.3 Å². The molecule has 0 aliphatic rings. The first-order chi connectivity index (χ1) is 9.19. The van der Waals surface area contributed by atoms with Gasteiger partial charge in [0.15, 0.2) is 0 Å². The first-order valence-electron chi connectivity index (χ1n) is 5.92. The lowest BCUT2D eigenvalue weighted by Gasteiger charge is -2.08. The molecule has 0 fully saturated rings. The fourth-order valence-corrected chi connectivity index (χ4v) is 1.80. The molecule has 0 spiro atoms. The zero-order chi connectivity index (χ0) is 13.7. The van der Waals surface area contributed by atoms with E-state index < -0.39 is 0 Å². The summed E-state index contributed by atoms with van der Waals surface area (Å²) < 4.78 is 5.60. The number of benzene rings is 1. The zero-order valence-electron chi connectivity index (χ0n) is 10.3. The molecule has 0 saturated carbocycles. The van der Waals surface area contributed by atoms with Gasteiger partial charge in [0, 0.05) is 6.61 Å². The van der Waals surface area contributed by atoms with Gasteiger partial charge in [0.25, 0.3) is 0 Å². The zero-order valence-corrected chi connectivity index (χ0v) is 11.1. The van der Waals surface area contributed by atoms with Crippen LogP contribution in [0.25, 0.3) is 0 Å². The third kappa shape index (κ3) is 3.84. The summed E-state index contributed by atoms with van der Waals surface area (Å²) in [5.74, 6) is 1.14. The Hall–Kier alpha value is -1.78. The van der Waals surface area contributed by atoms with E-state index in [2.05, 4.69) is 4.98 Å². The molecule has 1 aromatic carbocycles. The smallest absolute Gasteiger partial charge is 0.132 e. The Morgan fingerprint density at radius 3 is 2.58 bits per heavy atom. The second-order valence-corrected chi connectivity index (χ2v) is 4.48. The Morgan fingerprint density at radius 2 is 1.89 bits per heavy atom. The fraction of sp³-hybridized carbons (Fsp3) is 0.214. The van der Waals surface area contributed by atoms with Gasteiger partial charge in [-0.2, -0.15) is 0 Å². The molecule has 0 unspecified atom stereocenters. The van der Waals surface area contributed by atoms with Crippen LogP contribution in [0.4, 0.5) is 5.82 Å². The predicted octanol–water partition coefficient (Wildman–Crippen LogP) is 2.43. The van der Waals surface area contributed by atoms with Crippen LogP contribution in [0.2, 0.25) is 5.02 Å². The Morgan fingerprint density at radius 1 is 1.16 bits per heavy atom. The maximum absolute atomic E-state index is 8.83. The number of aromatic nitrogens is 1. The first kappa shape index (κ1) is 13.6. The van der Waals surface area contributed by atoms with Gasteiger partial charge in [-0.3, -0.25) is 0 Å². The summed E-state index contributed by atoms with van der Waals surface area (Å²) in [6.45, 7) is 0.409. The van der Waals surface area contributed by atoms with Crippen molar-refractivity contribution in [1.29, 1.82) is 0 Å². The van der Waals surface area contributed by atoms with Crippen LogP contribution in [0, 0.1) is 0 Å². The molecule has 19 heavy (non-hydrogen) atoms. The lowest BCUT2D eigenvalue weighted by molar-refractivity contribution is 0.297. The normalized spacial score (nSPS) is 10.4. The average molecular weight is 279 g/mol. The van der Waals surface area contributed by atoms with Gasteiger partial charge in [-0.15, -0.1) is 0 Å². The summed E-state index contributed by atoms with van der Waals surface area (Å²) in [4.78, 5) is 4.12. The van der Waals surface area contributed by atoms with Crippen molar-refractivity contribution in [2.24, 2.45) is 0 Å². The summed E-state index contributed by atoms with van der Waals surface area (Å²) in [6.07, 6.45) is 0.642. The Bertz CT molecular complexity index is 544. The quantitative estimate of drug-likeness (QED) is 0.881. The van der Waals surface area contributed by atoms with Crippen LogP contribution in [-0.4, -0.2) is 16.7 Å². The second kappa shape index (κ2) is 6.41. The molecule has 0 saturated heterocycles. The topological polar surface area (TPSA) is 68.4 Å². The molecule has 3 N–H and O–H groups in total. The average Bonchev–Trinajstić information content (AvgIpc) is 2.42. The molecule has 4 nitrogen and oxygen atoms in total. The van der Waals surface area contributed by atoms with Gasteiger partial charge in [-0.05, 0) is 36.2 Å². The molecular weight excluding hydrogens is 264 g/mol. The first-order valence-corrected chi connectivity index (χ1v) is 6.30. The predicted molar refractivity (Wildman–Crippen MR) is 75.2 cm³/mol. The van der Waals surface area contributed by atoms with Gasteiger partial charge in [0.1, 0.15) is 18.2 Å². The van der Waals surface area contributed by atoms with Crippen molar-refractivity contribution in [2.45, 2.75) is 13.0 Å². The minimum Gasteiger partial charge on any atom is -0.487 e. The number of rotatable bonds is 5. The maximum atomic E-state index is 8.83. The number of pyridine rings is 1. The van der Waals surface area contributed by atoms with Crippen molar-refractivity contribution in [1.82, 2.24) is 4.98 Å². The van der Waals surface area contributed by atoms with Gasteiger partial charge >= 0.3 is 0 Å². The van der Waals surface area contributed by atoms with Crippen molar-refractivity contribution in [2.75, 3.05) is 12.3 Å². The SMILES string of the molecule is Nc1ccc(Cl)c(COc2ccc(CCO)cc2)n1. The summed E-state index contributed by atoms with van der Waals surface area (Å²) >= 11 is 6.00. The molecule has 0 amide bonds. The number of nitrogens with two attached hydrogens (primary N) is 1. The van der Waals surface area contributed by atoms with Crippen LogP contribution in [-0.2, 0) is 13.0 Å². The number of aliphatic hydroxyl groups is 1. The van der Waals surface area contributed by atoms with Crippen LogP contribution >= 0.6 is 11.6 Å². The van der Waals surface area contributed by atoms with Crippen molar-refractivity contribution >= 4 is 17.4 Å². The lowest BCUT2D eigenvalue weighted by atomic mass is 10.1. The lowest BCUT2D eigenvalue weighted by Crippen LogP contribution is -2.02. The fourth-order valence-electron chi connectivity index (χ4n) is 1.64. The summed E-state index contributed by atoms with van der Waals surface area (Å²) in [5, 5.41) is 9.36. The van der Waals surface area contributed by atoms with E-state index in [0.717, 1.165) is 11.3 Å². The molecule has 0 radical (unpaired) electrons. The van der Waals surface area contributed by atoms with Gasteiger partial charge in [0.05, 0.1) is 10.7 Å². The highest BCUT2D eigenvalue weighted by Crippen LogP contribution is 2.19. The molecular formula is C14H15ClN2O2. The molecule has 2 rings (SSSR count). The molecule has 100 valence electrons. The molecule has 0 bridgehead atoms. The van der Waals surface area contributed by atoms with Crippen LogP contribution in [0.15, 0.2) is 36.4 Å². The van der Waals surface area contributed by atoms with Crippen LogP contribution < -0.4 is 10.5 Å². The van der Waals surface area contributed by atoms with E-state index in [1.165, 1.54) is 0 Å². The summed E-state index contributed by atoms with van der Waals surface area (Å²) in [6, 6.07) is 10.9. The maximum Gasteiger partial charge on any atom is 0.132 e. The number of hydrogen-bond acceptors (Lipinski definition) is 4. The van der Waals surface area contributed by atoms with E-state index in [1.807, 2.05) is 24.3 Å². The van der Waals surface area contributed by atoms with Crippen molar-refractivity contribution < 1.29 is 9.84 Å². The minimum atomic E-state index is 0.142. The molecule has 1 aromatic heterocycles. The number of anilines is 1. The summed E-state index contributed by atoms with van der Waals surface area (Å²) in [5.41, 5.74) is 7.28. The number of nitrogen functional groups attached to an aromatic ring is 1. The van der Waals surface area contributed by atoms with Gasteiger partial charge in [0.2, 0.25) is 0 Å². The van der Waals surface area contributed by atoms with E-state index in [1.54, 1.807) is 12.1 Å². The van der Waals surface area contributed by atoms with Gasteiger partial charge < -0.3 is 15.6 Å². The van der Waals surface area contributed by atoms with Crippen molar-refractivity contribution in [3.8, 4) is 5.75 Å². The standard InChI is InChI=1S/C14H15ClN2O2/c15-12-5-6-14(16)17-13(12)9-19-11-3-1-10(2-4-11)7-8-18/h1-6,18H,7-9H2,(H2,16,17). The van der Waals surface area contributed by atoms with Crippen molar-refractivity contribution in [3.05, 3.63) is 52.7 Å². The molecule has 2 aromatic rings. The third-order valence-corrected chi connectivity index (χ3v) is 2.98. The highest BCUT2D eigenvalue weighted by molar-refractivity contribution is 6.31. The monoisotopic (exact) mass is 278 g/mol. The highest BCUT2D eigenvalue weighted by Gasteiger charge is 2.04. The van der Waals surface area contributed by atoms with Crippen LogP contribution in [0.5, 0.6) is 5.75 Å². The van der Waals surface area contributed by atoms with Crippen LogP contribution in [0.3, 0.4) is 0 Å². The molecule has 0 aliphatic heterocycles. The molecule has 0 atom stereocenters. The van der Waals surface area contributed by atoms with Gasteiger partial charge in [-0.1, -0.05) is 23.7 Å². The molecule has 0 aliphatic carbocycles. The summed E-state index contributed by atoms with van der Waals surface area (Å²) in [7, 11) is 0. The van der Waals surface area contributed by atoms with E-state index >= 15 is 0 Å². The number of ether oxygens (including phenoxy) is 1. The Kier molecular flexibility index (Phi) is 4.60. The largest absolute Gasteiger partial charge is 0.487 e.